The molecule has 0 saturated carbocycles. The number of nitriles is 1. The van der Waals surface area contributed by atoms with Crippen LogP contribution in [0.2, 0.25) is 0 Å². The van der Waals surface area contributed by atoms with Gasteiger partial charge in [-0.1, -0.05) is 0 Å². The van der Waals surface area contributed by atoms with Crippen LogP contribution in [-0.4, -0.2) is 26.4 Å². The second kappa shape index (κ2) is 6.65. The van der Waals surface area contributed by atoms with E-state index in [-0.39, 0.29) is 5.69 Å². The number of alkyl halides is 3. The quantitative estimate of drug-likeness (QED) is 0.526. The van der Waals surface area contributed by atoms with Gasteiger partial charge in [0.1, 0.15) is 17.5 Å². The number of benzene rings is 1. The summed E-state index contributed by atoms with van der Waals surface area (Å²) in [6.45, 7) is 0. The summed E-state index contributed by atoms with van der Waals surface area (Å²) in [5.41, 5.74) is -2.59. The van der Waals surface area contributed by atoms with Crippen LogP contribution in [-0.2, 0) is 9.53 Å². The number of methoxy groups -OCH3 is 2. The van der Waals surface area contributed by atoms with Gasteiger partial charge in [0, 0.05) is 5.69 Å². The molecule has 5 nitrogen and oxygen atoms in total. The molecule has 1 aromatic rings. The van der Waals surface area contributed by atoms with Gasteiger partial charge in [-0.2, -0.15) is 18.4 Å². The number of anilines is 1. The first-order valence-corrected chi connectivity index (χ1v) is 5.54. The van der Waals surface area contributed by atoms with Gasteiger partial charge in [0.2, 0.25) is 0 Å². The lowest BCUT2D eigenvalue weighted by Gasteiger charge is -2.15. The summed E-state index contributed by atoms with van der Waals surface area (Å²) in [5.74, 6) is -0.919. The van der Waals surface area contributed by atoms with Gasteiger partial charge in [-0.15, -0.1) is 0 Å². The van der Waals surface area contributed by atoms with E-state index < -0.39 is 23.4 Å². The van der Waals surface area contributed by atoms with Crippen LogP contribution in [0.25, 0.3) is 0 Å². The molecule has 0 saturated heterocycles. The standard InChI is InChI=1S/C13H11F3N2O3/c1-20-9-5-3-8(4-6-9)18-11(13(14,15)16)10(7-17)12(19)21-2/h3-6,18H,1-2H3/b11-10-. The third-order valence-electron chi connectivity index (χ3n) is 2.39. The molecule has 0 bridgehead atoms. The molecule has 0 atom stereocenters. The molecule has 21 heavy (non-hydrogen) atoms. The van der Waals surface area contributed by atoms with Crippen LogP contribution >= 0.6 is 0 Å². The summed E-state index contributed by atoms with van der Waals surface area (Å²) in [6.07, 6.45) is -4.92. The number of nitrogens with one attached hydrogen (secondary N) is 1. The molecule has 8 heteroatoms. The molecule has 1 N–H and O–H groups in total. The predicted octanol–water partition coefficient (Wildman–Crippen LogP) is 2.62. The van der Waals surface area contributed by atoms with Crippen molar-refractivity contribution in [2.75, 3.05) is 19.5 Å². The van der Waals surface area contributed by atoms with E-state index in [1.165, 1.54) is 37.4 Å². The Hall–Kier alpha value is -2.69. The first kappa shape index (κ1) is 16.4. The van der Waals surface area contributed by atoms with Gasteiger partial charge in [0.15, 0.2) is 5.57 Å². The van der Waals surface area contributed by atoms with Gasteiger partial charge >= 0.3 is 12.1 Å². The summed E-state index contributed by atoms with van der Waals surface area (Å²) in [5, 5.41) is 10.8. The minimum absolute atomic E-state index is 0.0415. The number of nitrogens with zero attached hydrogens (tertiary/aromatic N) is 1. The smallest absolute Gasteiger partial charge is 0.432 e. The molecule has 0 amide bonds. The minimum atomic E-state index is -4.92. The lowest BCUT2D eigenvalue weighted by molar-refractivity contribution is -0.136. The van der Waals surface area contributed by atoms with Crippen LogP contribution in [0.5, 0.6) is 5.75 Å². The highest BCUT2D eigenvalue weighted by Crippen LogP contribution is 2.30. The Morgan fingerprint density at radius 3 is 2.19 bits per heavy atom. The third-order valence-corrected chi connectivity index (χ3v) is 2.39. The molecule has 1 rings (SSSR count). The molecule has 0 radical (unpaired) electrons. The second-order valence-corrected chi connectivity index (χ2v) is 3.70. The van der Waals surface area contributed by atoms with E-state index in [0.29, 0.717) is 5.75 Å². The first-order valence-electron chi connectivity index (χ1n) is 5.54. The van der Waals surface area contributed by atoms with Gasteiger partial charge in [0.05, 0.1) is 14.2 Å². The number of ether oxygens (including phenoxy) is 2. The zero-order chi connectivity index (χ0) is 16.0. The number of esters is 1. The fourth-order valence-electron chi connectivity index (χ4n) is 1.40. The van der Waals surface area contributed by atoms with Gasteiger partial charge in [-0.25, -0.2) is 4.79 Å². The van der Waals surface area contributed by atoms with Crippen LogP contribution in [0.1, 0.15) is 0 Å². The minimum Gasteiger partial charge on any atom is -0.497 e. The molecule has 0 spiro atoms. The Balaban J connectivity index is 3.24. The number of hydrogen-bond acceptors (Lipinski definition) is 5. The van der Waals surface area contributed by atoms with Gasteiger partial charge < -0.3 is 14.8 Å². The molecule has 0 aliphatic carbocycles. The normalized spacial score (nSPS) is 12.0. The number of rotatable bonds is 4. The molecule has 0 aliphatic rings. The number of carbonyl (C=O) groups is 1. The fourth-order valence-corrected chi connectivity index (χ4v) is 1.40. The van der Waals surface area contributed by atoms with Crippen LogP contribution in [0.15, 0.2) is 35.5 Å². The number of allylic oxidation sites excluding steroid dienone is 1. The molecule has 0 heterocycles. The predicted molar refractivity (Wildman–Crippen MR) is 67.3 cm³/mol. The third kappa shape index (κ3) is 4.14. The van der Waals surface area contributed by atoms with Crippen LogP contribution in [0.3, 0.4) is 0 Å². The van der Waals surface area contributed by atoms with Crippen molar-refractivity contribution in [2.45, 2.75) is 6.18 Å². The molecule has 0 fully saturated rings. The Morgan fingerprint density at radius 2 is 1.81 bits per heavy atom. The average molecular weight is 300 g/mol. The van der Waals surface area contributed by atoms with E-state index in [0.717, 1.165) is 7.11 Å². The summed E-state index contributed by atoms with van der Waals surface area (Å²) in [6, 6.07) is 6.69. The zero-order valence-corrected chi connectivity index (χ0v) is 11.1. The zero-order valence-electron chi connectivity index (χ0n) is 11.1. The van der Waals surface area contributed by atoms with Crippen LogP contribution in [0.4, 0.5) is 18.9 Å². The summed E-state index contributed by atoms with van der Waals surface area (Å²) in [4.78, 5) is 11.3. The summed E-state index contributed by atoms with van der Waals surface area (Å²) in [7, 11) is 2.30. The summed E-state index contributed by atoms with van der Waals surface area (Å²) >= 11 is 0. The molecular weight excluding hydrogens is 289 g/mol. The average Bonchev–Trinajstić information content (AvgIpc) is 2.46. The maximum Gasteiger partial charge on any atom is 0.432 e. The van der Waals surface area contributed by atoms with E-state index >= 15 is 0 Å². The molecule has 112 valence electrons. The Morgan fingerprint density at radius 1 is 1.24 bits per heavy atom. The highest BCUT2D eigenvalue weighted by Gasteiger charge is 2.39. The van der Waals surface area contributed by atoms with Crippen molar-refractivity contribution < 1.29 is 27.4 Å². The molecule has 1 aromatic carbocycles. The van der Waals surface area contributed by atoms with E-state index in [1.54, 1.807) is 0 Å². The monoisotopic (exact) mass is 300 g/mol. The van der Waals surface area contributed by atoms with Crippen LogP contribution < -0.4 is 10.1 Å². The molecular formula is C13H11F3N2O3. The van der Waals surface area contributed by atoms with Gasteiger partial charge in [-0.05, 0) is 24.3 Å². The Bertz CT molecular complexity index is 586. The Labute approximate surface area is 118 Å². The van der Waals surface area contributed by atoms with E-state index in [9.17, 15) is 18.0 Å². The van der Waals surface area contributed by atoms with Crippen molar-refractivity contribution in [1.29, 1.82) is 5.26 Å². The second-order valence-electron chi connectivity index (χ2n) is 3.70. The fraction of sp³-hybridized carbons (Fsp3) is 0.231. The van der Waals surface area contributed by atoms with Gasteiger partial charge in [0.25, 0.3) is 0 Å². The first-order chi connectivity index (χ1) is 9.83. The maximum atomic E-state index is 13.0. The Kier molecular flexibility index (Phi) is 5.18. The number of halogens is 3. The lowest BCUT2D eigenvalue weighted by Crippen LogP contribution is -2.24. The van der Waals surface area contributed by atoms with Crippen molar-refractivity contribution in [1.82, 2.24) is 0 Å². The van der Waals surface area contributed by atoms with E-state index in [2.05, 4.69) is 4.74 Å². The molecule has 0 aromatic heterocycles. The van der Waals surface area contributed by atoms with Crippen molar-refractivity contribution in [3.63, 3.8) is 0 Å². The van der Waals surface area contributed by atoms with Crippen molar-refractivity contribution in [2.24, 2.45) is 0 Å². The highest BCUT2D eigenvalue weighted by atomic mass is 19.4. The number of hydrogen-bond donors (Lipinski definition) is 1. The molecule has 0 unspecified atom stereocenters. The number of carbonyl (C=O) groups excluding carboxylic acids is 1. The SMILES string of the molecule is COC(=O)/C(C#N)=C(\Nc1ccc(OC)cc1)C(F)(F)F. The van der Waals surface area contributed by atoms with Crippen molar-refractivity contribution >= 4 is 11.7 Å². The van der Waals surface area contributed by atoms with E-state index in [1.807, 2.05) is 5.32 Å². The largest absolute Gasteiger partial charge is 0.497 e. The highest BCUT2D eigenvalue weighted by molar-refractivity contribution is 5.94. The van der Waals surface area contributed by atoms with Crippen molar-refractivity contribution in [3.8, 4) is 11.8 Å². The van der Waals surface area contributed by atoms with E-state index in [4.69, 9.17) is 10.00 Å². The van der Waals surface area contributed by atoms with Gasteiger partial charge in [-0.3, -0.25) is 0 Å². The maximum absolute atomic E-state index is 13.0. The summed E-state index contributed by atoms with van der Waals surface area (Å²) < 4.78 is 48.0. The van der Waals surface area contributed by atoms with Crippen LogP contribution in [0, 0.1) is 11.3 Å². The lowest BCUT2D eigenvalue weighted by atomic mass is 10.2. The van der Waals surface area contributed by atoms with Crippen molar-refractivity contribution in [3.05, 3.63) is 35.5 Å². The molecule has 0 aliphatic heterocycles. The topological polar surface area (TPSA) is 71.4 Å².